The van der Waals surface area contributed by atoms with Gasteiger partial charge in [0.1, 0.15) is 5.50 Å². The van der Waals surface area contributed by atoms with Crippen molar-refractivity contribution in [1.82, 2.24) is 5.32 Å². The molecule has 7 nitrogen and oxygen atoms in total. The quantitative estimate of drug-likeness (QED) is 0.591. The van der Waals surface area contributed by atoms with Crippen LogP contribution in [0.3, 0.4) is 0 Å². The molecule has 2 aromatic carbocycles. The largest absolute Gasteiger partial charge is 0.318 e. The van der Waals surface area contributed by atoms with Gasteiger partial charge in [-0.3, -0.25) is 10.1 Å². The van der Waals surface area contributed by atoms with Crippen molar-refractivity contribution < 1.29 is 13.2 Å². The molecule has 5 N–H and O–H groups in total. The summed E-state index contributed by atoms with van der Waals surface area (Å²) in [4.78, 5) is 13.0. The molecule has 1 atom stereocenters. The molecule has 0 saturated heterocycles. The van der Waals surface area contributed by atoms with Crippen molar-refractivity contribution in [3.05, 3.63) is 75.7 Å². The summed E-state index contributed by atoms with van der Waals surface area (Å²) in [6.45, 7) is 0.137. The van der Waals surface area contributed by atoms with E-state index in [1.54, 1.807) is 24.3 Å². The summed E-state index contributed by atoms with van der Waals surface area (Å²) in [5, 5.41) is 3.20. The molecule has 0 aliphatic heterocycles. The number of nitrogens with two attached hydrogens (primary N) is 2. The van der Waals surface area contributed by atoms with Gasteiger partial charge in [0, 0.05) is 22.8 Å². The number of nitrogens with zero attached hydrogens (tertiary/aromatic N) is 1. The highest BCUT2D eigenvalue weighted by Crippen LogP contribution is 2.30. The molecule has 0 heterocycles. The van der Waals surface area contributed by atoms with Crippen LogP contribution in [0.2, 0.25) is 5.02 Å². The van der Waals surface area contributed by atoms with Crippen LogP contribution in [0.4, 0.5) is 0 Å². The van der Waals surface area contributed by atoms with Gasteiger partial charge in [0.15, 0.2) is 5.78 Å². The monoisotopic (exact) mass is 436 g/mol. The van der Waals surface area contributed by atoms with Gasteiger partial charge in [0.05, 0.1) is 15.5 Å². The summed E-state index contributed by atoms with van der Waals surface area (Å²) in [5.74, 6) is -0.252. The molecule has 2 aromatic rings. The molecule has 0 aromatic heterocycles. The lowest BCUT2D eigenvalue weighted by Gasteiger charge is -2.19. The zero-order chi connectivity index (χ0) is 20.3. The maximum Gasteiger partial charge on any atom is 0.282 e. The van der Waals surface area contributed by atoms with Crippen LogP contribution in [0.25, 0.3) is 0 Å². The summed E-state index contributed by atoms with van der Waals surface area (Å²) in [6.07, 6.45) is 1.43. The van der Waals surface area contributed by atoms with Crippen molar-refractivity contribution in [3.63, 3.8) is 0 Å². The Morgan fingerprint density at radius 3 is 2.39 bits per heavy atom. The maximum atomic E-state index is 12.8. The predicted octanol–water partition coefficient (Wildman–Crippen LogP) is 2.08. The Bertz CT molecular complexity index is 1070. The Kier molecular flexibility index (Phi) is 6.33. The summed E-state index contributed by atoms with van der Waals surface area (Å²) in [7, 11) is -4.00. The number of nitrogens with one attached hydrogen (secondary N) is 1. The van der Waals surface area contributed by atoms with E-state index in [0.29, 0.717) is 16.1 Å². The minimum absolute atomic E-state index is 0.00267. The van der Waals surface area contributed by atoms with Crippen molar-refractivity contribution in [1.29, 1.82) is 0 Å². The topological polar surface area (TPSA) is 128 Å². The molecule has 0 fully saturated rings. The predicted molar refractivity (Wildman–Crippen MR) is 112 cm³/mol. The third kappa shape index (κ3) is 4.52. The smallest absolute Gasteiger partial charge is 0.282 e. The first-order chi connectivity index (χ1) is 13.3. The Morgan fingerprint density at radius 1 is 1.11 bits per heavy atom. The molecule has 0 amide bonds. The van der Waals surface area contributed by atoms with E-state index in [0.717, 1.165) is 11.8 Å². The molecule has 1 aliphatic rings. The average molecular weight is 437 g/mol. The number of hydrogen-bond donors (Lipinski definition) is 3. The Morgan fingerprint density at radius 2 is 1.75 bits per heavy atom. The van der Waals surface area contributed by atoms with Crippen LogP contribution in [0, 0.1) is 0 Å². The van der Waals surface area contributed by atoms with E-state index in [4.69, 9.17) is 23.1 Å². The van der Waals surface area contributed by atoms with Crippen LogP contribution < -0.4 is 16.8 Å². The fourth-order valence-corrected chi connectivity index (χ4v) is 4.52. The molecule has 0 radical (unpaired) electrons. The number of allylic oxidation sites excluding steroid dienone is 2. The van der Waals surface area contributed by atoms with Crippen molar-refractivity contribution in [2.45, 2.75) is 10.4 Å². The first-order valence-electron chi connectivity index (χ1n) is 8.14. The molecular weight excluding hydrogens is 420 g/mol. The number of carbonyl (C=O) groups is 1. The second-order valence-corrected chi connectivity index (χ2v) is 8.96. The van der Waals surface area contributed by atoms with Gasteiger partial charge >= 0.3 is 0 Å². The lowest BCUT2D eigenvalue weighted by Crippen LogP contribution is -2.38. The molecular formula is C18H17ClN4O3S2. The van der Waals surface area contributed by atoms with Crippen LogP contribution in [0.1, 0.15) is 15.9 Å². The number of thioether (sulfide) groups is 1. The van der Waals surface area contributed by atoms with E-state index in [1.165, 1.54) is 30.3 Å². The number of ketones is 1. The van der Waals surface area contributed by atoms with Crippen molar-refractivity contribution in [3.8, 4) is 0 Å². The number of carbonyl (C=O) groups excluding carboxylic acids is 1. The minimum Gasteiger partial charge on any atom is -0.318 e. The van der Waals surface area contributed by atoms with E-state index in [-0.39, 0.29) is 28.0 Å². The average Bonchev–Trinajstić information content (AvgIpc) is 2.66. The van der Waals surface area contributed by atoms with Crippen molar-refractivity contribution in [2.75, 3.05) is 6.67 Å². The first-order valence-corrected chi connectivity index (χ1v) is 10.8. The first kappa shape index (κ1) is 20.7. The molecule has 10 heteroatoms. The SMILES string of the molecule is NCNC(N)SC1=CC(=NS(=O)(=O)c2ccc(Cl)cc2)c2ccccc2C1=O. The lowest BCUT2D eigenvalue weighted by molar-refractivity contribution is 0.104. The zero-order valence-corrected chi connectivity index (χ0v) is 16.9. The summed E-state index contributed by atoms with van der Waals surface area (Å²) in [6, 6.07) is 12.4. The van der Waals surface area contributed by atoms with Gasteiger partial charge in [-0.1, -0.05) is 47.6 Å². The summed E-state index contributed by atoms with van der Waals surface area (Å²) >= 11 is 6.87. The van der Waals surface area contributed by atoms with Crippen LogP contribution in [-0.2, 0) is 10.0 Å². The van der Waals surface area contributed by atoms with E-state index < -0.39 is 15.5 Å². The van der Waals surface area contributed by atoms with Gasteiger partial charge in [-0.2, -0.15) is 12.8 Å². The van der Waals surface area contributed by atoms with Gasteiger partial charge in [0.2, 0.25) is 0 Å². The minimum atomic E-state index is -4.00. The Balaban J connectivity index is 2.08. The number of sulfonamides is 1. The van der Waals surface area contributed by atoms with E-state index in [2.05, 4.69) is 9.71 Å². The molecule has 28 heavy (non-hydrogen) atoms. The van der Waals surface area contributed by atoms with Gasteiger partial charge < -0.3 is 11.5 Å². The summed E-state index contributed by atoms with van der Waals surface area (Å²) in [5.41, 5.74) is 11.6. The third-order valence-electron chi connectivity index (χ3n) is 3.84. The van der Waals surface area contributed by atoms with Crippen LogP contribution in [0.5, 0.6) is 0 Å². The number of rotatable bonds is 6. The highest BCUT2D eigenvalue weighted by molar-refractivity contribution is 8.04. The van der Waals surface area contributed by atoms with E-state index in [1.807, 2.05) is 0 Å². The second-order valence-electron chi connectivity index (χ2n) is 5.74. The van der Waals surface area contributed by atoms with Gasteiger partial charge in [-0.05, 0) is 30.3 Å². The van der Waals surface area contributed by atoms with Gasteiger partial charge in [-0.25, -0.2) is 0 Å². The van der Waals surface area contributed by atoms with Crippen LogP contribution >= 0.6 is 23.4 Å². The normalized spacial score (nSPS) is 16.6. The number of halogens is 1. The number of hydrogen-bond acceptors (Lipinski definition) is 7. The van der Waals surface area contributed by atoms with Gasteiger partial charge in [0.25, 0.3) is 10.0 Å². The van der Waals surface area contributed by atoms with E-state index >= 15 is 0 Å². The number of benzene rings is 2. The highest BCUT2D eigenvalue weighted by Gasteiger charge is 2.27. The molecule has 3 rings (SSSR count). The fourth-order valence-electron chi connectivity index (χ4n) is 2.55. The van der Waals surface area contributed by atoms with Gasteiger partial charge in [-0.15, -0.1) is 0 Å². The maximum absolute atomic E-state index is 12.8. The lowest BCUT2D eigenvalue weighted by atomic mass is 9.94. The fraction of sp³-hybridized carbons (Fsp3) is 0.111. The third-order valence-corrected chi connectivity index (χ3v) is 6.38. The van der Waals surface area contributed by atoms with E-state index in [9.17, 15) is 13.2 Å². The molecule has 1 aliphatic carbocycles. The van der Waals surface area contributed by atoms with Crippen LogP contribution in [0.15, 0.2) is 68.8 Å². The summed E-state index contributed by atoms with van der Waals surface area (Å²) < 4.78 is 29.4. The molecule has 146 valence electrons. The van der Waals surface area contributed by atoms with Crippen molar-refractivity contribution in [2.24, 2.45) is 15.9 Å². The number of fused-ring (bicyclic) bond motifs is 1. The second kappa shape index (κ2) is 8.56. The standard InChI is InChI=1S/C18H17ClN4O3S2/c19-11-5-7-12(8-6-11)28(25,26)23-15-9-16(27-18(21)22-10-20)17(24)14-4-2-1-3-13(14)15/h1-9,18,22H,10,20-21H2. The number of Topliss-reactive ketones (excluding diaryl/α,β-unsaturated/α-hetero) is 1. The molecule has 1 unspecified atom stereocenters. The molecule has 0 bridgehead atoms. The molecule has 0 saturated carbocycles. The Labute approximate surface area is 171 Å². The highest BCUT2D eigenvalue weighted by atomic mass is 35.5. The van der Waals surface area contributed by atoms with Crippen LogP contribution in [-0.4, -0.2) is 32.1 Å². The van der Waals surface area contributed by atoms with Crippen molar-refractivity contribution >= 4 is 44.9 Å². The molecule has 0 spiro atoms. The Hall–Kier alpha value is -2.01. The zero-order valence-electron chi connectivity index (χ0n) is 14.5.